The average Bonchev–Trinajstić information content (AvgIpc) is 3.82. The molecule has 10 nitrogen and oxygen atoms in total. The number of phenolic OH excluding ortho intramolecular Hbond substituents is 1. The van der Waals surface area contributed by atoms with E-state index in [2.05, 4.69) is 11.8 Å². The number of hydrogen-bond acceptors (Lipinski definition) is 9. The summed E-state index contributed by atoms with van der Waals surface area (Å²) in [6.45, 7) is 3.26. The van der Waals surface area contributed by atoms with Gasteiger partial charge >= 0.3 is 0 Å². The number of primary amides is 1. The largest absolute Gasteiger partial charge is 0.507 e. The summed E-state index contributed by atoms with van der Waals surface area (Å²) in [6.07, 6.45) is 4.10. The fourth-order valence-corrected chi connectivity index (χ4v) is 7.61. The Bertz CT molecular complexity index is 1400. The lowest BCUT2D eigenvalue weighted by Crippen LogP contribution is -2.74. The number of hydrogen-bond donors (Lipinski definition) is 3. The van der Waals surface area contributed by atoms with Crippen LogP contribution in [0.1, 0.15) is 60.5 Å². The minimum absolute atomic E-state index is 0.0155. The van der Waals surface area contributed by atoms with Crippen molar-refractivity contribution in [1.29, 1.82) is 0 Å². The van der Waals surface area contributed by atoms with Crippen LogP contribution in [0.2, 0.25) is 0 Å². The summed E-state index contributed by atoms with van der Waals surface area (Å²) in [5, 5.41) is 22.6. The number of rotatable bonds is 7. The van der Waals surface area contributed by atoms with E-state index in [1.807, 2.05) is 0 Å². The second-order valence-electron chi connectivity index (χ2n) is 13.3. The highest BCUT2D eigenvalue weighted by molar-refractivity contribution is 6.32. The molecule has 6 rings (SSSR count). The molecular weight excluding hydrogens is 533 g/mol. The predicted octanol–water partition coefficient (Wildman–Crippen LogP) is 0.771. The molecule has 1 aromatic rings. The lowest BCUT2D eigenvalue weighted by molar-refractivity contribution is -0.181. The highest BCUT2D eigenvalue weighted by Gasteiger charge is 2.69. The molecule has 2 unspecified atom stereocenters. The van der Waals surface area contributed by atoms with Crippen molar-refractivity contribution in [1.82, 2.24) is 9.80 Å². The van der Waals surface area contributed by atoms with Gasteiger partial charge in [0.05, 0.1) is 17.5 Å². The summed E-state index contributed by atoms with van der Waals surface area (Å²) >= 11 is 0. The van der Waals surface area contributed by atoms with E-state index in [-0.39, 0.29) is 41.6 Å². The zero-order valence-electron chi connectivity index (χ0n) is 23.5. The summed E-state index contributed by atoms with van der Waals surface area (Å²) in [5.74, 6) is -11.5. The Hall–Kier alpha value is -3.02. The number of nitrogens with zero attached hydrogens (tertiary/aromatic N) is 2. The number of aromatic hydroxyl groups is 1. The first-order valence-corrected chi connectivity index (χ1v) is 14.3. The summed E-state index contributed by atoms with van der Waals surface area (Å²) in [6, 6.07) is 0.0508. The fourth-order valence-electron chi connectivity index (χ4n) is 7.61. The zero-order chi connectivity index (χ0) is 29.8. The molecule has 5 aliphatic rings. The van der Waals surface area contributed by atoms with Crippen LogP contribution >= 0.6 is 0 Å². The molecule has 4 saturated carbocycles. The van der Waals surface area contributed by atoms with E-state index in [0.29, 0.717) is 5.92 Å². The van der Waals surface area contributed by atoms with Gasteiger partial charge in [-0.2, -0.15) is 0 Å². The zero-order valence-corrected chi connectivity index (χ0v) is 23.5. The van der Waals surface area contributed by atoms with Gasteiger partial charge in [-0.1, -0.05) is 0 Å². The number of halogens is 1. The number of phenols is 1. The molecule has 0 aromatic heterocycles. The second kappa shape index (κ2) is 9.24. The standard InChI is InChI=1S/C30H36FN3O7/c1-29(6-7-29)34(11-13-4-5-13)12-15-10-18(35)20-16(22(15)31)8-14-9-17-23(33(2)3)25(37)21(28(32)40)27(39)30(17,41)26(38)19(14)24(20)36/h10,13-14,17,19,21,23,35,41H,4-9,11-12H2,1-3H3,(H2,32,40)/t14-,17-,19?,21?,23-,30-/m0/s1. The van der Waals surface area contributed by atoms with Gasteiger partial charge in [0.15, 0.2) is 34.7 Å². The van der Waals surface area contributed by atoms with Crippen LogP contribution in [-0.4, -0.2) is 86.9 Å². The number of likely N-dealkylation sites (N-methyl/N-ethyl adjacent to an activating group) is 1. The van der Waals surface area contributed by atoms with Crippen molar-refractivity contribution in [2.75, 3.05) is 20.6 Å². The second-order valence-corrected chi connectivity index (χ2v) is 13.3. The predicted molar refractivity (Wildman–Crippen MR) is 142 cm³/mol. The first kappa shape index (κ1) is 28.1. The molecule has 1 amide bonds. The van der Waals surface area contributed by atoms with Crippen LogP contribution < -0.4 is 5.73 Å². The van der Waals surface area contributed by atoms with Crippen molar-refractivity contribution < 1.29 is 38.6 Å². The highest BCUT2D eigenvalue weighted by atomic mass is 19.1. The molecule has 0 heterocycles. The van der Waals surface area contributed by atoms with Crippen LogP contribution in [0.25, 0.3) is 0 Å². The van der Waals surface area contributed by atoms with E-state index >= 15 is 4.39 Å². The first-order valence-electron chi connectivity index (χ1n) is 14.3. The third kappa shape index (κ3) is 4.11. The normalized spacial score (nSPS) is 34.0. The molecule has 11 heteroatoms. The SMILES string of the molecule is CN(C)[C@@H]1C(=O)C(C(N)=O)C(=O)[C@@]2(O)C(=O)C3C(=O)c4c(O)cc(CN(CC5CC5)C5(C)CC5)c(F)c4C[C@H]3C[C@@H]12. The number of ketones is 4. The smallest absolute Gasteiger partial charge is 0.235 e. The molecule has 0 aliphatic heterocycles. The van der Waals surface area contributed by atoms with E-state index in [1.165, 1.54) is 25.1 Å². The Balaban J connectivity index is 1.39. The Morgan fingerprint density at radius 2 is 1.80 bits per heavy atom. The summed E-state index contributed by atoms with van der Waals surface area (Å²) in [7, 11) is 3.04. The number of carbonyl (C=O) groups excluding carboxylic acids is 5. The maximum absolute atomic E-state index is 16.2. The van der Waals surface area contributed by atoms with Gasteiger partial charge in [0.1, 0.15) is 11.6 Å². The fraction of sp³-hybridized carbons (Fsp3) is 0.633. The molecule has 6 atom stereocenters. The number of carbonyl (C=O) groups is 5. The number of Topliss-reactive ketones (excluding diaryl/α,β-unsaturated/α-hetero) is 4. The van der Waals surface area contributed by atoms with Crippen LogP contribution in [0.3, 0.4) is 0 Å². The Morgan fingerprint density at radius 1 is 1.15 bits per heavy atom. The molecular formula is C30H36FN3O7. The van der Waals surface area contributed by atoms with Crippen molar-refractivity contribution in [3.63, 3.8) is 0 Å². The van der Waals surface area contributed by atoms with Gasteiger partial charge in [-0.15, -0.1) is 0 Å². The van der Waals surface area contributed by atoms with Gasteiger partial charge in [0.25, 0.3) is 0 Å². The summed E-state index contributed by atoms with van der Waals surface area (Å²) < 4.78 is 16.2. The topological polar surface area (TPSA) is 158 Å². The molecule has 5 aliphatic carbocycles. The highest BCUT2D eigenvalue weighted by Crippen LogP contribution is 2.51. The number of benzene rings is 1. The van der Waals surface area contributed by atoms with E-state index in [0.717, 1.165) is 32.2 Å². The van der Waals surface area contributed by atoms with Gasteiger partial charge in [0, 0.05) is 35.7 Å². The van der Waals surface area contributed by atoms with E-state index in [1.54, 1.807) is 0 Å². The molecule has 0 radical (unpaired) electrons. The van der Waals surface area contributed by atoms with Crippen LogP contribution in [0.15, 0.2) is 6.07 Å². The van der Waals surface area contributed by atoms with Crippen LogP contribution in [-0.2, 0) is 32.1 Å². The number of aliphatic hydroxyl groups is 1. The Morgan fingerprint density at radius 3 is 2.37 bits per heavy atom. The molecule has 0 saturated heterocycles. The third-order valence-corrected chi connectivity index (χ3v) is 10.3. The molecule has 220 valence electrons. The maximum atomic E-state index is 16.2. The van der Waals surface area contributed by atoms with Gasteiger partial charge in [-0.3, -0.25) is 33.8 Å². The lowest BCUT2D eigenvalue weighted by atomic mass is 9.52. The molecule has 4 N–H and O–H groups in total. The molecule has 41 heavy (non-hydrogen) atoms. The average molecular weight is 570 g/mol. The third-order valence-electron chi connectivity index (χ3n) is 10.3. The summed E-state index contributed by atoms with van der Waals surface area (Å²) in [4.78, 5) is 69.9. The van der Waals surface area contributed by atoms with Gasteiger partial charge in [-0.05, 0) is 77.4 Å². The molecule has 1 aromatic carbocycles. The Kier molecular flexibility index (Phi) is 6.34. The van der Waals surface area contributed by atoms with E-state index in [4.69, 9.17) is 5.73 Å². The van der Waals surface area contributed by atoms with Crippen molar-refractivity contribution in [3.05, 3.63) is 28.6 Å². The van der Waals surface area contributed by atoms with Crippen molar-refractivity contribution in [2.45, 2.75) is 69.2 Å². The monoisotopic (exact) mass is 569 g/mol. The number of amides is 1. The van der Waals surface area contributed by atoms with Crippen molar-refractivity contribution in [3.8, 4) is 5.75 Å². The minimum Gasteiger partial charge on any atom is -0.507 e. The van der Waals surface area contributed by atoms with Crippen molar-refractivity contribution in [2.24, 2.45) is 35.3 Å². The number of fused-ring (bicyclic) bond motifs is 3. The van der Waals surface area contributed by atoms with Gasteiger partial charge in [0.2, 0.25) is 5.91 Å². The molecule has 0 bridgehead atoms. The van der Waals surface area contributed by atoms with Crippen LogP contribution in [0.5, 0.6) is 5.75 Å². The first-order chi connectivity index (χ1) is 19.2. The lowest BCUT2D eigenvalue weighted by Gasteiger charge is -2.52. The molecule has 0 spiro atoms. The van der Waals surface area contributed by atoms with E-state index < -0.39 is 75.9 Å². The van der Waals surface area contributed by atoms with Crippen LogP contribution in [0.4, 0.5) is 4.39 Å². The maximum Gasteiger partial charge on any atom is 0.235 e. The van der Waals surface area contributed by atoms with Gasteiger partial charge < -0.3 is 15.9 Å². The van der Waals surface area contributed by atoms with Crippen LogP contribution in [0, 0.1) is 35.4 Å². The number of nitrogens with two attached hydrogens (primary N) is 1. The minimum atomic E-state index is -2.80. The van der Waals surface area contributed by atoms with E-state index in [9.17, 15) is 34.2 Å². The molecule has 4 fully saturated rings. The van der Waals surface area contributed by atoms with Gasteiger partial charge in [-0.25, -0.2) is 4.39 Å². The Labute approximate surface area is 237 Å². The summed E-state index contributed by atoms with van der Waals surface area (Å²) in [5.41, 5.74) is 2.49. The van der Waals surface area contributed by atoms with Crippen molar-refractivity contribution >= 4 is 29.0 Å². The quantitative estimate of drug-likeness (QED) is 0.403.